The Hall–Kier alpha value is -2.24. The Labute approximate surface area is 161 Å². The van der Waals surface area contributed by atoms with Crippen LogP contribution in [0.5, 0.6) is 0 Å². The van der Waals surface area contributed by atoms with E-state index >= 15 is 0 Å². The summed E-state index contributed by atoms with van der Waals surface area (Å²) < 4.78 is 5.31. The average Bonchev–Trinajstić information content (AvgIpc) is 3.09. The third-order valence-electron chi connectivity index (χ3n) is 4.47. The average molecular weight is 394 g/mol. The molecular weight excluding hydrogens is 377 g/mol. The van der Waals surface area contributed by atoms with Crippen molar-refractivity contribution in [1.82, 2.24) is 4.90 Å². The predicted molar refractivity (Wildman–Crippen MR) is 98.5 cm³/mol. The van der Waals surface area contributed by atoms with E-state index < -0.39 is 18.0 Å². The van der Waals surface area contributed by atoms with Crippen LogP contribution in [-0.4, -0.2) is 35.2 Å². The van der Waals surface area contributed by atoms with E-state index in [4.69, 9.17) is 27.9 Å². The van der Waals surface area contributed by atoms with Gasteiger partial charge in [-0.15, -0.1) is 0 Å². The van der Waals surface area contributed by atoms with Gasteiger partial charge < -0.3 is 14.7 Å². The standard InChI is InChI=1S/C19H17Cl2NO4/c20-16-7-6-13(8-17(16)21)14-9-22(10-15(14)18(23)24)19(25)26-11-12-4-2-1-3-5-12/h1-8,14-15H,9-11H2,(H,23,24)/t14-,15+/m1/s1. The number of hydrogen-bond acceptors (Lipinski definition) is 3. The zero-order valence-corrected chi connectivity index (χ0v) is 15.3. The molecule has 26 heavy (non-hydrogen) atoms. The summed E-state index contributed by atoms with van der Waals surface area (Å²) in [5, 5.41) is 10.3. The summed E-state index contributed by atoms with van der Waals surface area (Å²) in [6, 6.07) is 14.3. The smallest absolute Gasteiger partial charge is 0.410 e. The van der Waals surface area contributed by atoms with Gasteiger partial charge in [0.25, 0.3) is 0 Å². The first-order chi connectivity index (χ1) is 12.5. The van der Waals surface area contributed by atoms with Crippen LogP contribution in [0, 0.1) is 5.92 Å². The molecule has 0 unspecified atom stereocenters. The van der Waals surface area contributed by atoms with Crippen LogP contribution in [0.3, 0.4) is 0 Å². The quantitative estimate of drug-likeness (QED) is 0.833. The van der Waals surface area contributed by atoms with E-state index in [1.807, 2.05) is 30.3 Å². The molecule has 1 N–H and O–H groups in total. The van der Waals surface area contributed by atoms with Crippen LogP contribution in [0.1, 0.15) is 17.0 Å². The van der Waals surface area contributed by atoms with Crippen molar-refractivity contribution in [2.24, 2.45) is 5.92 Å². The number of carboxylic acid groups (broad SMARTS) is 1. The fourth-order valence-electron chi connectivity index (χ4n) is 3.09. The van der Waals surface area contributed by atoms with Gasteiger partial charge in [0.1, 0.15) is 6.61 Å². The molecule has 3 rings (SSSR count). The van der Waals surface area contributed by atoms with Gasteiger partial charge in [0.2, 0.25) is 0 Å². The number of ether oxygens (including phenoxy) is 1. The van der Waals surface area contributed by atoms with Gasteiger partial charge in [-0.3, -0.25) is 4.79 Å². The molecule has 1 aliphatic heterocycles. The summed E-state index contributed by atoms with van der Waals surface area (Å²) in [7, 11) is 0. The summed E-state index contributed by atoms with van der Waals surface area (Å²) >= 11 is 12.0. The van der Waals surface area contributed by atoms with Crippen molar-refractivity contribution in [3.8, 4) is 0 Å². The van der Waals surface area contributed by atoms with Crippen molar-refractivity contribution in [2.75, 3.05) is 13.1 Å². The largest absolute Gasteiger partial charge is 0.481 e. The summed E-state index contributed by atoms with van der Waals surface area (Å²) in [5.41, 5.74) is 1.61. The normalized spacial score (nSPS) is 19.4. The molecule has 0 saturated carbocycles. The number of amides is 1. The molecule has 0 radical (unpaired) electrons. The van der Waals surface area contributed by atoms with E-state index in [-0.39, 0.29) is 25.6 Å². The van der Waals surface area contributed by atoms with E-state index in [0.717, 1.165) is 11.1 Å². The Balaban J connectivity index is 1.71. The van der Waals surface area contributed by atoms with Crippen molar-refractivity contribution in [3.63, 3.8) is 0 Å². The molecule has 2 aromatic carbocycles. The summed E-state index contributed by atoms with van der Waals surface area (Å²) in [6.45, 7) is 0.488. The van der Waals surface area contributed by atoms with Crippen LogP contribution >= 0.6 is 23.2 Å². The minimum Gasteiger partial charge on any atom is -0.481 e. The summed E-state index contributed by atoms with van der Waals surface area (Å²) in [5.74, 6) is -2.05. The first-order valence-electron chi connectivity index (χ1n) is 8.09. The molecule has 1 fully saturated rings. The van der Waals surface area contributed by atoms with Crippen LogP contribution in [-0.2, 0) is 16.1 Å². The van der Waals surface area contributed by atoms with E-state index in [1.165, 1.54) is 4.90 Å². The van der Waals surface area contributed by atoms with Crippen LogP contribution in [0.15, 0.2) is 48.5 Å². The highest BCUT2D eigenvalue weighted by molar-refractivity contribution is 6.42. The second kappa shape index (κ2) is 7.98. The van der Waals surface area contributed by atoms with Gasteiger partial charge in [0.15, 0.2) is 0 Å². The van der Waals surface area contributed by atoms with E-state index in [0.29, 0.717) is 10.0 Å². The van der Waals surface area contributed by atoms with Crippen molar-refractivity contribution in [2.45, 2.75) is 12.5 Å². The number of likely N-dealkylation sites (tertiary alicyclic amines) is 1. The number of rotatable bonds is 4. The minimum atomic E-state index is -0.959. The minimum absolute atomic E-state index is 0.0911. The number of halogens is 2. The van der Waals surface area contributed by atoms with Gasteiger partial charge in [0.05, 0.1) is 16.0 Å². The molecule has 136 valence electrons. The van der Waals surface area contributed by atoms with Gasteiger partial charge in [-0.05, 0) is 23.3 Å². The molecule has 0 aliphatic carbocycles. The predicted octanol–water partition coefficient (Wildman–Crippen LogP) is 4.43. The Bertz CT molecular complexity index is 812. The molecule has 0 spiro atoms. The van der Waals surface area contributed by atoms with E-state index in [9.17, 15) is 14.7 Å². The number of carboxylic acids is 1. The van der Waals surface area contributed by atoms with Gasteiger partial charge in [0, 0.05) is 19.0 Å². The van der Waals surface area contributed by atoms with Crippen LogP contribution in [0.25, 0.3) is 0 Å². The molecule has 1 heterocycles. The van der Waals surface area contributed by atoms with Gasteiger partial charge in [-0.1, -0.05) is 59.6 Å². The Morgan fingerprint density at radius 1 is 1.08 bits per heavy atom. The van der Waals surface area contributed by atoms with Crippen LogP contribution in [0.2, 0.25) is 10.0 Å². The maximum absolute atomic E-state index is 12.3. The summed E-state index contributed by atoms with van der Waals surface area (Å²) in [6.07, 6.45) is -0.525. The number of carbonyl (C=O) groups is 2. The second-order valence-corrected chi connectivity index (χ2v) is 6.98. The number of nitrogens with zero attached hydrogens (tertiary/aromatic N) is 1. The Morgan fingerprint density at radius 2 is 1.81 bits per heavy atom. The zero-order valence-electron chi connectivity index (χ0n) is 13.8. The SMILES string of the molecule is O=C(O)[C@H]1CN(C(=O)OCc2ccccc2)C[C@@H]1c1ccc(Cl)c(Cl)c1. The first-order valence-corrected chi connectivity index (χ1v) is 8.84. The van der Waals surface area contributed by atoms with Crippen molar-refractivity contribution < 1.29 is 19.4 Å². The van der Waals surface area contributed by atoms with Gasteiger partial charge in [-0.25, -0.2) is 4.79 Å². The lowest BCUT2D eigenvalue weighted by Crippen LogP contribution is -2.30. The lowest BCUT2D eigenvalue weighted by molar-refractivity contribution is -0.141. The first kappa shape index (κ1) is 18.5. The Morgan fingerprint density at radius 3 is 2.46 bits per heavy atom. The maximum Gasteiger partial charge on any atom is 0.410 e. The van der Waals surface area contributed by atoms with Crippen molar-refractivity contribution >= 4 is 35.3 Å². The van der Waals surface area contributed by atoms with Gasteiger partial charge >= 0.3 is 12.1 Å². The fourth-order valence-corrected chi connectivity index (χ4v) is 3.40. The van der Waals surface area contributed by atoms with Crippen molar-refractivity contribution in [3.05, 3.63) is 69.7 Å². The number of aliphatic carboxylic acids is 1. The summed E-state index contributed by atoms with van der Waals surface area (Å²) in [4.78, 5) is 25.4. The highest BCUT2D eigenvalue weighted by Crippen LogP contribution is 2.36. The molecule has 1 saturated heterocycles. The molecule has 2 aromatic rings. The number of benzene rings is 2. The molecule has 1 aliphatic rings. The fraction of sp³-hybridized carbons (Fsp3) is 0.263. The number of hydrogen-bond donors (Lipinski definition) is 1. The molecule has 2 atom stereocenters. The van der Waals surface area contributed by atoms with Crippen LogP contribution < -0.4 is 0 Å². The molecule has 7 heteroatoms. The molecule has 5 nitrogen and oxygen atoms in total. The second-order valence-electron chi connectivity index (χ2n) is 6.17. The molecule has 0 aromatic heterocycles. The van der Waals surface area contributed by atoms with E-state index in [1.54, 1.807) is 18.2 Å². The highest BCUT2D eigenvalue weighted by atomic mass is 35.5. The van der Waals surface area contributed by atoms with Gasteiger partial charge in [-0.2, -0.15) is 0 Å². The van der Waals surface area contributed by atoms with Crippen molar-refractivity contribution in [1.29, 1.82) is 0 Å². The molecule has 1 amide bonds. The van der Waals surface area contributed by atoms with E-state index in [2.05, 4.69) is 0 Å². The Kier molecular flexibility index (Phi) is 5.69. The third kappa shape index (κ3) is 4.11. The lowest BCUT2D eigenvalue weighted by Gasteiger charge is -2.17. The van der Waals surface area contributed by atoms with Crippen LogP contribution in [0.4, 0.5) is 4.79 Å². The zero-order chi connectivity index (χ0) is 18.7. The monoisotopic (exact) mass is 393 g/mol. The molecule has 0 bridgehead atoms. The topological polar surface area (TPSA) is 66.8 Å². The molecular formula is C19H17Cl2NO4. The highest BCUT2D eigenvalue weighted by Gasteiger charge is 2.41. The number of carbonyl (C=O) groups excluding carboxylic acids is 1. The maximum atomic E-state index is 12.3. The lowest BCUT2D eigenvalue weighted by atomic mass is 9.89. The third-order valence-corrected chi connectivity index (χ3v) is 5.21.